The van der Waals surface area contributed by atoms with Gasteiger partial charge in [0, 0.05) is 17.6 Å². The Morgan fingerprint density at radius 3 is 2.63 bits per heavy atom. The summed E-state index contributed by atoms with van der Waals surface area (Å²) in [5.74, 6) is -0.0810. The minimum absolute atomic E-state index is 0.0591. The summed E-state index contributed by atoms with van der Waals surface area (Å²) in [4.78, 5) is 2.40. The molecule has 0 aromatic heterocycles. The number of nitrogens with zero attached hydrogens (tertiary/aromatic N) is 1. The topological polar surface area (TPSA) is 23.5 Å². The summed E-state index contributed by atoms with van der Waals surface area (Å²) in [5, 5.41) is 9.95. The Labute approximate surface area is 115 Å². The van der Waals surface area contributed by atoms with Crippen molar-refractivity contribution >= 4 is 0 Å². The lowest BCUT2D eigenvalue weighted by Crippen LogP contribution is -2.38. The lowest BCUT2D eigenvalue weighted by molar-refractivity contribution is 0.117. The summed E-state index contributed by atoms with van der Waals surface area (Å²) < 4.78 is 13.4. The van der Waals surface area contributed by atoms with Gasteiger partial charge in [0.05, 0.1) is 0 Å². The minimum Gasteiger partial charge on any atom is -0.508 e. The van der Waals surface area contributed by atoms with E-state index in [0.29, 0.717) is 11.6 Å². The van der Waals surface area contributed by atoms with Crippen molar-refractivity contribution in [2.75, 3.05) is 6.54 Å². The first kappa shape index (κ1) is 14.3. The Morgan fingerprint density at radius 2 is 2.00 bits per heavy atom. The van der Waals surface area contributed by atoms with E-state index in [9.17, 15) is 9.50 Å². The Bertz CT molecular complexity index is 415. The summed E-state index contributed by atoms with van der Waals surface area (Å²) in [6.07, 6.45) is 6.32. The maximum atomic E-state index is 13.4. The number of hydrogen-bond acceptors (Lipinski definition) is 2. The van der Waals surface area contributed by atoms with Gasteiger partial charge in [-0.15, -0.1) is 0 Å². The van der Waals surface area contributed by atoms with Crippen LogP contribution in [-0.4, -0.2) is 22.6 Å². The van der Waals surface area contributed by atoms with Crippen molar-refractivity contribution in [1.29, 1.82) is 0 Å². The van der Waals surface area contributed by atoms with Gasteiger partial charge in [0.25, 0.3) is 0 Å². The zero-order valence-electron chi connectivity index (χ0n) is 11.9. The number of aromatic hydroxyl groups is 1. The molecule has 0 saturated heterocycles. The molecule has 1 unspecified atom stereocenters. The van der Waals surface area contributed by atoms with Crippen molar-refractivity contribution in [3.05, 3.63) is 29.6 Å². The van der Waals surface area contributed by atoms with E-state index in [1.165, 1.54) is 50.3 Å². The predicted octanol–water partition coefficient (Wildman–Crippen LogP) is 4.25. The molecule has 1 fully saturated rings. The molecule has 2 nitrogen and oxygen atoms in total. The van der Waals surface area contributed by atoms with E-state index in [1.54, 1.807) is 0 Å². The van der Waals surface area contributed by atoms with Crippen LogP contribution in [0.2, 0.25) is 0 Å². The second-order valence-electron chi connectivity index (χ2n) is 5.50. The fourth-order valence-electron chi connectivity index (χ4n) is 3.30. The SMILES string of the molecule is CCN(C1CCCCC1)C(C)c1cc(F)ccc1O. The van der Waals surface area contributed by atoms with Gasteiger partial charge in [0.2, 0.25) is 0 Å². The number of phenolic OH excluding ortho intramolecular Hbond substituents is 1. The average Bonchev–Trinajstić information content (AvgIpc) is 2.43. The first-order valence-corrected chi connectivity index (χ1v) is 7.37. The molecule has 1 aromatic carbocycles. The van der Waals surface area contributed by atoms with Crippen LogP contribution in [0.5, 0.6) is 5.75 Å². The fraction of sp³-hybridized carbons (Fsp3) is 0.625. The van der Waals surface area contributed by atoms with Crippen LogP contribution >= 0.6 is 0 Å². The van der Waals surface area contributed by atoms with Gasteiger partial charge in [0.1, 0.15) is 11.6 Å². The van der Waals surface area contributed by atoms with E-state index < -0.39 is 0 Å². The van der Waals surface area contributed by atoms with Gasteiger partial charge in [-0.25, -0.2) is 4.39 Å². The monoisotopic (exact) mass is 265 g/mol. The smallest absolute Gasteiger partial charge is 0.123 e. The summed E-state index contributed by atoms with van der Waals surface area (Å²) in [7, 11) is 0. The van der Waals surface area contributed by atoms with Gasteiger partial charge < -0.3 is 5.11 Å². The van der Waals surface area contributed by atoms with E-state index in [0.717, 1.165) is 6.54 Å². The standard InChI is InChI=1S/C16H24FNO/c1-3-18(14-7-5-4-6-8-14)12(2)15-11-13(17)9-10-16(15)19/h9-12,14,19H,3-8H2,1-2H3. The zero-order chi connectivity index (χ0) is 13.8. The third-order valence-corrected chi connectivity index (χ3v) is 4.35. The Morgan fingerprint density at radius 1 is 1.32 bits per heavy atom. The molecule has 0 heterocycles. The molecule has 19 heavy (non-hydrogen) atoms. The number of halogens is 1. The van der Waals surface area contributed by atoms with E-state index in [4.69, 9.17) is 0 Å². The van der Waals surface area contributed by atoms with Gasteiger partial charge in [-0.05, 0) is 44.5 Å². The summed E-state index contributed by atoms with van der Waals surface area (Å²) in [6.45, 7) is 5.13. The van der Waals surface area contributed by atoms with Gasteiger partial charge in [-0.1, -0.05) is 26.2 Å². The Kier molecular flexibility index (Phi) is 4.81. The molecule has 1 aliphatic carbocycles. The highest BCUT2D eigenvalue weighted by Gasteiger charge is 2.26. The molecular formula is C16H24FNO. The zero-order valence-corrected chi connectivity index (χ0v) is 11.9. The number of phenols is 1. The molecule has 0 radical (unpaired) electrons. The molecule has 2 rings (SSSR count). The van der Waals surface area contributed by atoms with Gasteiger partial charge >= 0.3 is 0 Å². The van der Waals surface area contributed by atoms with Crippen molar-refractivity contribution in [3.63, 3.8) is 0 Å². The van der Waals surface area contributed by atoms with E-state index in [2.05, 4.69) is 18.7 Å². The summed E-state index contributed by atoms with van der Waals surface area (Å²) in [5.41, 5.74) is 0.701. The first-order chi connectivity index (χ1) is 9.13. The largest absolute Gasteiger partial charge is 0.508 e. The highest BCUT2D eigenvalue weighted by atomic mass is 19.1. The van der Waals surface area contributed by atoms with Crippen molar-refractivity contribution in [1.82, 2.24) is 4.90 Å². The molecule has 1 aliphatic rings. The average molecular weight is 265 g/mol. The van der Waals surface area contributed by atoms with Crippen LogP contribution < -0.4 is 0 Å². The number of hydrogen-bond donors (Lipinski definition) is 1. The maximum Gasteiger partial charge on any atom is 0.123 e. The molecule has 0 spiro atoms. The predicted molar refractivity (Wildman–Crippen MR) is 75.7 cm³/mol. The van der Waals surface area contributed by atoms with Crippen LogP contribution in [0.1, 0.15) is 57.6 Å². The molecule has 1 N–H and O–H groups in total. The van der Waals surface area contributed by atoms with Crippen LogP contribution in [0.15, 0.2) is 18.2 Å². The normalized spacial score (nSPS) is 18.7. The van der Waals surface area contributed by atoms with Crippen molar-refractivity contribution in [2.45, 2.75) is 58.0 Å². The molecule has 1 saturated carbocycles. The molecule has 0 aliphatic heterocycles. The fourth-order valence-corrected chi connectivity index (χ4v) is 3.30. The quantitative estimate of drug-likeness (QED) is 0.880. The van der Waals surface area contributed by atoms with Crippen LogP contribution in [0.4, 0.5) is 4.39 Å². The molecule has 0 amide bonds. The maximum absolute atomic E-state index is 13.4. The second-order valence-corrected chi connectivity index (χ2v) is 5.50. The van der Waals surface area contributed by atoms with Crippen molar-refractivity contribution < 1.29 is 9.50 Å². The second kappa shape index (κ2) is 6.38. The van der Waals surface area contributed by atoms with Gasteiger partial charge in [-0.3, -0.25) is 4.90 Å². The van der Waals surface area contributed by atoms with E-state index in [1.807, 2.05) is 0 Å². The van der Waals surface area contributed by atoms with Crippen molar-refractivity contribution in [2.24, 2.45) is 0 Å². The van der Waals surface area contributed by atoms with Crippen molar-refractivity contribution in [3.8, 4) is 5.75 Å². The van der Waals surface area contributed by atoms with Crippen LogP contribution in [-0.2, 0) is 0 Å². The highest BCUT2D eigenvalue weighted by Crippen LogP contribution is 2.33. The lowest BCUT2D eigenvalue weighted by atomic mass is 9.92. The summed E-state index contributed by atoms with van der Waals surface area (Å²) >= 11 is 0. The van der Waals surface area contributed by atoms with Gasteiger partial charge in [0.15, 0.2) is 0 Å². The van der Waals surface area contributed by atoms with Crippen LogP contribution in [0, 0.1) is 5.82 Å². The minimum atomic E-state index is -0.278. The Balaban J connectivity index is 2.19. The third-order valence-electron chi connectivity index (χ3n) is 4.35. The first-order valence-electron chi connectivity index (χ1n) is 7.37. The molecule has 0 bridgehead atoms. The Hall–Kier alpha value is -1.09. The lowest BCUT2D eigenvalue weighted by Gasteiger charge is -2.38. The van der Waals surface area contributed by atoms with E-state index >= 15 is 0 Å². The molecular weight excluding hydrogens is 241 g/mol. The third kappa shape index (κ3) is 3.27. The highest BCUT2D eigenvalue weighted by molar-refractivity contribution is 5.35. The van der Waals surface area contributed by atoms with Crippen LogP contribution in [0.25, 0.3) is 0 Å². The molecule has 106 valence electrons. The molecule has 1 atom stereocenters. The molecule has 1 aromatic rings. The number of rotatable bonds is 4. The number of benzene rings is 1. The summed E-state index contributed by atoms with van der Waals surface area (Å²) in [6, 6.07) is 4.85. The van der Waals surface area contributed by atoms with E-state index in [-0.39, 0.29) is 17.6 Å². The molecule has 3 heteroatoms. The van der Waals surface area contributed by atoms with Gasteiger partial charge in [-0.2, -0.15) is 0 Å². The van der Waals surface area contributed by atoms with Crippen LogP contribution in [0.3, 0.4) is 0 Å².